The van der Waals surface area contributed by atoms with Crippen LogP contribution in [-0.2, 0) is 15.1 Å². The number of piperidine rings is 1. The largest absolute Gasteiger partial charge is 0.369 e. The Balaban J connectivity index is 1.90. The zero-order valence-corrected chi connectivity index (χ0v) is 10.8. The number of hydrogen-bond acceptors (Lipinski definition) is 3. The van der Waals surface area contributed by atoms with Crippen LogP contribution in [0.25, 0.3) is 0 Å². The van der Waals surface area contributed by atoms with Gasteiger partial charge in [0, 0.05) is 23.9 Å². The Morgan fingerprint density at radius 3 is 3.00 bits per heavy atom. The second-order valence-electron chi connectivity index (χ2n) is 5.05. The Hall–Kier alpha value is -0.870. The normalized spacial score (nSPS) is 26.9. The summed E-state index contributed by atoms with van der Waals surface area (Å²) in [5.74, 6) is 0.506. The summed E-state index contributed by atoms with van der Waals surface area (Å²) in [4.78, 5) is 14.0. The van der Waals surface area contributed by atoms with Crippen LogP contribution in [0.2, 0.25) is 0 Å². The van der Waals surface area contributed by atoms with Crippen LogP contribution < -0.4 is 0 Å². The lowest BCUT2D eigenvalue weighted by atomic mass is 9.83. The summed E-state index contributed by atoms with van der Waals surface area (Å²) >= 11 is 1.81. The predicted octanol–water partition coefficient (Wildman–Crippen LogP) is 2.33. The third-order valence-corrected chi connectivity index (χ3v) is 5.12. The minimum atomic E-state index is -0.102. The number of thiophene rings is 1. The Bertz CT molecular complexity index is 421. The van der Waals surface area contributed by atoms with Gasteiger partial charge in [-0.3, -0.25) is 4.79 Å². The molecule has 2 aliphatic heterocycles. The molecule has 0 N–H and O–H groups in total. The Morgan fingerprint density at radius 1 is 1.53 bits per heavy atom. The first-order chi connectivity index (χ1) is 8.25. The van der Waals surface area contributed by atoms with Crippen LogP contribution in [0.4, 0.5) is 0 Å². The first-order valence-corrected chi connectivity index (χ1v) is 7.04. The maximum absolute atomic E-state index is 10.8. The molecule has 0 aliphatic carbocycles. The minimum Gasteiger partial charge on any atom is -0.369 e. The molecule has 17 heavy (non-hydrogen) atoms. The molecule has 1 atom stereocenters. The molecule has 1 fully saturated rings. The summed E-state index contributed by atoms with van der Waals surface area (Å²) in [5, 5.41) is 2.17. The van der Waals surface area contributed by atoms with Gasteiger partial charge in [-0.1, -0.05) is 6.92 Å². The van der Waals surface area contributed by atoms with Gasteiger partial charge in [-0.05, 0) is 29.9 Å². The summed E-state index contributed by atoms with van der Waals surface area (Å²) in [6, 6.07) is 2.24. The molecule has 3 rings (SSSR count). The maximum atomic E-state index is 10.8. The highest BCUT2D eigenvalue weighted by atomic mass is 32.1. The third kappa shape index (κ3) is 1.70. The summed E-state index contributed by atoms with van der Waals surface area (Å²) in [5.41, 5.74) is 1.36. The molecular formula is C13H17NO2S. The van der Waals surface area contributed by atoms with E-state index in [4.69, 9.17) is 4.74 Å². The lowest BCUT2D eigenvalue weighted by molar-refractivity contribution is -0.129. The second-order valence-corrected chi connectivity index (χ2v) is 5.97. The van der Waals surface area contributed by atoms with E-state index in [-0.39, 0.29) is 5.60 Å². The van der Waals surface area contributed by atoms with Crippen molar-refractivity contribution in [2.45, 2.75) is 31.3 Å². The minimum absolute atomic E-state index is 0.102. The van der Waals surface area contributed by atoms with Crippen LogP contribution in [0.15, 0.2) is 11.4 Å². The van der Waals surface area contributed by atoms with Crippen molar-refractivity contribution >= 4 is 17.7 Å². The SMILES string of the molecule is CC1COC2(CCN(C=O)CC2)c2sccc21. The highest BCUT2D eigenvalue weighted by Gasteiger charge is 2.43. The van der Waals surface area contributed by atoms with Crippen molar-refractivity contribution in [1.29, 1.82) is 0 Å². The fourth-order valence-corrected chi connectivity index (χ4v) is 4.11. The van der Waals surface area contributed by atoms with Gasteiger partial charge >= 0.3 is 0 Å². The van der Waals surface area contributed by atoms with E-state index in [1.165, 1.54) is 10.4 Å². The third-order valence-electron chi connectivity index (χ3n) is 4.00. The van der Waals surface area contributed by atoms with Crippen molar-refractivity contribution in [1.82, 2.24) is 4.90 Å². The second kappa shape index (κ2) is 4.10. The van der Waals surface area contributed by atoms with E-state index in [1.54, 1.807) is 0 Å². The van der Waals surface area contributed by atoms with E-state index in [2.05, 4.69) is 18.4 Å². The molecule has 92 valence electrons. The van der Waals surface area contributed by atoms with Crippen LogP contribution in [0.1, 0.15) is 36.1 Å². The zero-order valence-electron chi connectivity index (χ0n) is 10.0. The molecule has 2 aliphatic rings. The molecule has 1 spiro atoms. The van der Waals surface area contributed by atoms with Crippen molar-refractivity contribution < 1.29 is 9.53 Å². The van der Waals surface area contributed by atoms with Gasteiger partial charge in [-0.2, -0.15) is 0 Å². The molecule has 1 saturated heterocycles. The summed E-state index contributed by atoms with van der Waals surface area (Å²) in [6.07, 6.45) is 2.82. The number of ether oxygens (including phenoxy) is 1. The topological polar surface area (TPSA) is 29.5 Å². The quantitative estimate of drug-likeness (QED) is 0.717. The van der Waals surface area contributed by atoms with Crippen molar-refractivity contribution in [2.24, 2.45) is 0 Å². The van der Waals surface area contributed by atoms with Gasteiger partial charge in [0.1, 0.15) is 5.60 Å². The molecule has 3 nitrogen and oxygen atoms in total. The van der Waals surface area contributed by atoms with E-state index >= 15 is 0 Å². The van der Waals surface area contributed by atoms with E-state index in [0.29, 0.717) is 5.92 Å². The van der Waals surface area contributed by atoms with Crippen molar-refractivity contribution in [2.75, 3.05) is 19.7 Å². The molecule has 0 saturated carbocycles. The molecule has 0 radical (unpaired) electrons. The van der Waals surface area contributed by atoms with Crippen molar-refractivity contribution in [3.05, 3.63) is 21.9 Å². The van der Waals surface area contributed by atoms with Crippen LogP contribution in [-0.4, -0.2) is 31.0 Å². The average molecular weight is 251 g/mol. The number of carbonyl (C=O) groups is 1. The summed E-state index contributed by atoms with van der Waals surface area (Å²) in [7, 11) is 0. The predicted molar refractivity (Wildman–Crippen MR) is 67.2 cm³/mol. The van der Waals surface area contributed by atoms with Gasteiger partial charge in [0.15, 0.2) is 0 Å². The van der Waals surface area contributed by atoms with Crippen LogP contribution in [0.5, 0.6) is 0 Å². The van der Waals surface area contributed by atoms with Gasteiger partial charge in [0.05, 0.1) is 6.61 Å². The molecule has 0 bridgehead atoms. The Labute approximate surface area is 105 Å². The number of hydrogen-bond donors (Lipinski definition) is 0. The van der Waals surface area contributed by atoms with E-state index in [9.17, 15) is 4.79 Å². The van der Waals surface area contributed by atoms with Crippen LogP contribution in [0, 0.1) is 0 Å². The average Bonchev–Trinajstić information content (AvgIpc) is 2.86. The van der Waals surface area contributed by atoms with Crippen molar-refractivity contribution in [3.63, 3.8) is 0 Å². The lowest BCUT2D eigenvalue weighted by Crippen LogP contribution is -2.45. The van der Waals surface area contributed by atoms with Gasteiger partial charge in [0.25, 0.3) is 0 Å². The smallest absolute Gasteiger partial charge is 0.209 e. The van der Waals surface area contributed by atoms with Crippen LogP contribution >= 0.6 is 11.3 Å². The highest BCUT2D eigenvalue weighted by molar-refractivity contribution is 7.10. The van der Waals surface area contributed by atoms with E-state index < -0.39 is 0 Å². The highest BCUT2D eigenvalue weighted by Crippen LogP contribution is 2.46. The van der Waals surface area contributed by atoms with Gasteiger partial charge in [-0.25, -0.2) is 0 Å². The number of likely N-dealkylation sites (tertiary alicyclic amines) is 1. The molecule has 0 aromatic carbocycles. The molecule has 3 heterocycles. The molecule has 1 unspecified atom stereocenters. The van der Waals surface area contributed by atoms with E-state index in [0.717, 1.165) is 38.9 Å². The zero-order chi connectivity index (χ0) is 11.9. The van der Waals surface area contributed by atoms with Crippen molar-refractivity contribution in [3.8, 4) is 0 Å². The maximum Gasteiger partial charge on any atom is 0.209 e. The molecule has 1 aromatic rings. The summed E-state index contributed by atoms with van der Waals surface area (Å²) < 4.78 is 6.16. The summed E-state index contributed by atoms with van der Waals surface area (Å²) in [6.45, 7) is 4.66. The monoisotopic (exact) mass is 251 g/mol. The molecular weight excluding hydrogens is 234 g/mol. The van der Waals surface area contributed by atoms with Gasteiger partial charge < -0.3 is 9.64 Å². The molecule has 4 heteroatoms. The standard InChI is InChI=1S/C13H17NO2S/c1-10-8-16-13(12-11(10)2-7-17-12)3-5-14(9-15)6-4-13/h2,7,9-10H,3-6,8H2,1H3. The first kappa shape index (κ1) is 11.2. The lowest BCUT2D eigenvalue weighted by Gasteiger charge is -2.44. The fraction of sp³-hybridized carbons (Fsp3) is 0.615. The fourth-order valence-electron chi connectivity index (χ4n) is 2.88. The molecule has 1 amide bonds. The molecule has 1 aromatic heterocycles. The first-order valence-electron chi connectivity index (χ1n) is 6.16. The number of nitrogens with zero attached hydrogens (tertiary/aromatic N) is 1. The van der Waals surface area contributed by atoms with Crippen LogP contribution in [0.3, 0.4) is 0 Å². The Kier molecular flexibility index (Phi) is 2.71. The van der Waals surface area contributed by atoms with Gasteiger partial charge in [-0.15, -0.1) is 11.3 Å². The Morgan fingerprint density at radius 2 is 2.29 bits per heavy atom. The van der Waals surface area contributed by atoms with E-state index in [1.807, 2.05) is 16.2 Å². The number of amides is 1. The van der Waals surface area contributed by atoms with Gasteiger partial charge in [0.2, 0.25) is 6.41 Å². The number of rotatable bonds is 1. The number of carbonyl (C=O) groups excluding carboxylic acids is 1. The number of fused-ring (bicyclic) bond motifs is 2.